The molecule has 71 heavy (non-hydrogen) atoms. The minimum Gasteiger partial charge on any atom is -0.310 e. The van der Waals surface area contributed by atoms with Gasteiger partial charge in [0.25, 0.3) is 0 Å². The molecule has 0 aromatic heterocycles. The van der Waals surface area contributed by atoms with Gasteiger partial charge in [-0.3, -0.25) is 0 Å². The van der Waals surface area contributed by atoms with E-state index in [-0.39, 0.29) is 16.2 Å². The van der Waals surface area contributed by atoms with E-state index in [1.807, 2.05) is 0 Å². The van der Waals surface area contributed by atoms with E-state index in [2.05, 4.69) is 259 Å². The predicted octanol–water partition coefficient (Wildman–Crippen LogP) is 18.1. The predicted molar refractivity (Wildman–Crippen MR) is 296 cm³/mol. The maximum absolute atomic E-state index is 2.65. The highest BCUT2D eigenvalue weighted by Crippen LogP contribution is 2.67. The standard InChI is InChI=1S/C70H53N/c1-67(2)54-27-15-10-22-46(54)50-35-32-44(39-60(50)67)71(45-33-36-51-47-23-11-16-28-55(47)68(3,4)61(51)40-45)43-34-37-56-53(38-43)66-62(69(56,5)6)41-63-65(64(66)42-20-8-7-9-21-42)52-26-14-19-31-59(52)70(63)57-29-17-12-24-48(57)49-25-13-18-30-58(49)70/h7-41H,1-6H3. The van der Waals surface area contributed by atoms with E-state index in [9.17, 15) is 0 Å². The molecule has 338 valence electrons. The van der Waals surface area contributed by atoms with Crippen molar-refractivity contribution in [2.24, 2.45) is 0 Å². The van der Waals surface area contributed by atoms with Crippen LogP contribution in [-0.2, 0) is 21.7 Å². The molecular weight excluding hydrogens is 855 g/mol. The molecule has 0 radical (unpaired) electrons. The third-order valence-electron chi connectivity index (χ3n) is 17.9. The monoisotopic (exact) mass is 907 g/mol. The van der Waals surface area contributed by atoms with Crippen LogP contribution in [0.15, 0.2) is 212 Å². The van der Waals surface area contributed by atoms with E-state index in [0.717, 1.165) is 5.69 Å². The first-order chi connectivity index (χ1) is 34.5. The van der Waals surface area contributed by atoms with Crippen molar-refractivity contribution in [3.63, 3.8) is 0 Å². The van der Waals surface area contributed by atoms with Gasteiger partial charge in [0.1, 0.15) is 0 Å². The van der Waals surface area contributed by atoms with E-state index in [4.69, 9.17) is 0 Å². The largest absolute Gasteiger partial charge is 0.310 e. The quantitative estimate of drug-likeness (QED) is 0.170. The Labute approximate surface area is 417 Å². The smallest absolute Gasteiger partial charge is 0.0725 e. The lowest BCUT2D eigenvalue weighted by atomic mass is 9.69. The molecule has 0 saturated heterocycles. The zero-order valence-electron chi connectivity index (χ0n) is 41.2. The summed E-state index contributed by atoms with van der Waals surface area (Å²) in [6, 6.07) is 81.5. The van der Waals surface area contributed by atoms with E-state index in [0.29, 0.717) is 0 Å². The number of rotatable bonds is 4. The van der Waals surface area contributed by atoms with Crippen molar-refractivity contribution in [3.8, 4) is 66.8 Å². The van der Waals surface area contributed by atoms with Gasteiger partial charge in [-0.2, -0.15) is 0 Å². The molecule has 15 rings (SSSR count). The summed E-state index contributed by atoms with van der Waals surface area (Å²) in [5.41, 5.74) is 32.1. The second kappa shape index (κ2) is 13.9. The van der Waals surface area contributed by atoms with Gasteiger partial charge < -0.3 is 4.90 Å². The molecule has 0 unspecified atom stereocenters. The maximum atomic E-state index is 2.65. The summed E-state index contributed by atoms with van der Waals surface area (Å²) in [5.74, 6) is 0. The molecule has 5 aliphatic rings. The molecule has 0 atom stereocenters. The Hall–Kier alpha value is -8.00. The maximum Gasteiger partial charge on any atom is 0.0725 e. The second-order valence-corrected chi connectivity index (χ2v) is 22.3. The lowest BCUT2D eigenvalue weighted by molar-refractivity contribution is 0.657. The van der Waals surface area contributed by atoms with Gasteiger partial charge in [-0.1, -0.05) is 217 Å². The number of hydrogen-bond donors (Lipinski definition) is 0. The Morgan fingerprint density at radius 1 is 0.239 bits per heavy atom. The summed E-state index contributed by atoms with van der Waals surface area (Å²) in [6.07, 6.45) is 0. The third-order valence-corrected chi connectivity index (χ3v) is 17.9. The highest BCUT2D eigenvalue weighted by molar-refractivity contribution is 6.07. The van der Waals surface area contributed by atoms with Crippen LogP contribution in [0.2, 0.25) is 0 Å². The molecule has 5 aliphatic carbocycles. The van der Waals surface area contributed by atoms with E-state index >= 15 is 0 Å². The molecule has 0 saturated carbocycles. The average Bonchev–Trinajstić information content (AvgIpc) is 4.09. The first kappa shape index (κ1) is 40.8. The van der Waals surface area contributed by atoms with Gasteiger partial charge in [0, 0.05) is 33.3 Å². The fourth-order valence-corrected chi connectivity index (χ4v) is 14.6. The van der Waals surface area contributed by atoms with Crippen LogP contribution in [0.5, 0.6) is 0 Å². The number of fused-ring (bicyclic) bond motifs is 19. The molecule has 0 N–H and O–H groups in total. The summed E-state index contributed by atoms with van der Waals surface area (Å²) < 4.78 is 0. The lowest BCUT2D eigenvalue weighted by Gasteiger charge is -2.32. The van der Waals surface area contributed by atoms with Gasteiger partial charge in [-0.25, -0.2) is 0 Å². The fraction of sp³-hybridized carbons (Fsp3) is 0.143. The average molecular weight is 908 g/mol. The molecule has 0 aliphatic heterocycles. The SMILES string of the molecule is CC1(C)c2ccccc2-c2ccc(N(c3ccc4c(c3)-c3c(cc5c(c3-c3ccccc3)-c3ccccc3C53c5ccccc5-c5ccccc53)C4(C)C)c3ccc4c(c3)C(C)(C)c3ccccc3-4)cc21. The number of benzene rings is 10. The summed E-state index contributed by atoms with van der Waals surface area (Å²) in [5, 5.41) is 0. The van der Waals surface area contributed by atoms with Crippen LogP contribution < -0.4 is 4.90 Å². The highest BCUT2D eigenvalue weighted by Gasteiger charge is 2.54. The van der Waals surface area contributed by atoms with Gasteiger partial charge >= 0.3 is 0 Å². The highest BCUT2D eigenvalue weighted by atomic mass is 15.1. The molecule has 0 bridgehead atoms. The summed E-state index contributed by atoms with van der Waals surface area (Å²) in [7, 11) is 0. The van der Waals surface area contributed by atoms with Gasteiger partial charge in [-0.05, 0) is 159 Å². The zero-order valence-corrected chi connectivity index (χ0v) is 41.2. The molecule has 0 heterocycles. The van der Waals surface area contributed by atoms with Crippen molar-refractivity contribution in [2.45, 2.75) is 63.2 Å². The van der Waals surface area contributed by atoms with Gasteiger partial charge in [-0.15, -0.1) is 0 Å². The van der Waals surface area contributed by atoms with Crippen molar-refractivity contribution in [2.75, 3.05) is 4.90 Å². The fourth-order valence-electron chi connectivity index (χ4n) is 14.6. The molecular formula is C70H53N. The minimum atomic E-state index is -0.452. The van der Waals surface area contributed by atoms with Crippen molar-refractivity contribution >= 4 is 17.1 Å². The first-order valence-corrected chi connectivity index (χ1v) is 25.5. The van der Waals surface area contributed by atoms with Crippen LogP contribution in [0, 0.1) is 0 Å². The lowest BCUT2D eigenvalue weighted by Crippen LogP contribution is -2.26. The van der Waals surface area contributed by atoms with Crippen LogP contribution in [0.25, 0.3) is 66.8 Å². The van der Waals surface area contributed by atoms with Crippen molar-refractivity contribution in [1.82, 2.24) is 0 Å². The summed E-state index contributed by atoms with van der Waals surface area (Å²) in [4.78, 5) is 2.55. The Bertz CT molecular complexity index is 3820. The molecule has 0 amide bonds. The molecule has 10 aromatic carbocycles. The third kappa shape index (κ3) is 5.06. The van der Waals surface area contributed by atoms with Crippen molar-refractivity contribution < 1.29 is 0 Å². The van der Waals surface area contributed by atoms with Crippen LogP contribution in [0.4, 0.5) is 17.1 Å². The van der Waals surface area contributed by atoms with Crippen molar-refractivity contribution in [3.05, 3.63) is 268 Å². The van der Waals surface area contributed by atoms with Crippen molar-refractivity contribution in [1.29, 1.82) is 0 Å². The first-order valence-electron chi connectivity index (χ1n) is 25.5. The normalized spacial score (nSPS) is 16.2. The molecule has 0 fully saturated rings. The Morgan fingerprint density at radius 2 is 0.606 bits per heavy atom. The molecule has 1 spiro atoms. The number of nitrogens with zero attached hydrogens (tertiary/aromatic N) is 1. The van der Waals surface area contributed by atoms with Gasteiger partial charge in [0.05, 0.1) is 5.41 Å². The Morgan fingerprint density at radius 3 is 1.14 bits per heavy atom. The van der Waals surface area contributed by atoms with Crippen LogP contribution >= 0.6 is 0 Å². The van der Waals surface area contributed by atoms with Crippen LogP contribution in [0.1, 0.15) is 97.2 Å². The summed E-state index contributed by atoms with van der Waals surface area (Å²) in [6.45, 7) is 14.5. The Kier molecular flexibility index (Phi) is 7.98. The number of hydrogen-bond acceptors (Lipinski definition) is 1. The van der Waals surface area contributed by atoms with Crippen LogP contribution in [0.3, 0.4) is 0 Å². The van der Waals surface area contributed by atoms with Gasteiger partial charge in [0.15, 0.2) is 0 Å². The molecule has 10 aromatic rings. The molecule has 1 heteroatoms. The Balaban J connectivity index is 1.00. The van der Waals surface area contributed by atoms with E-state index in [1.54, 1.807) is 0 Å². The van der Waals surface area contributed by atoms with E-state index in [1.165, 1.54) is 134 Å². The molecule has 1 nitrogen and oxygen atoms in total. The van der Waals surface area contributed by atoms with Crippen LogP contribution in [-0.4, -0.2) is 0 Å². The van der Waals surface area contributed by atoms with E-state index < -0.39 is 5.41 Å². The van der Waals surface area contributed by atoms with Gasteiger partial charge in [0.2, 0.25) is 0 Å². The zero-order chi connectivity index (χ0) is 47.8. The topological polar surface area (TPSA) is 3.24 Å². The minimum absolute atomic E-state index is 0.144. The summed E-state index contributed by atoms with van der Waals surface area (Å²) >= 11 is 0. The number of anilines is 3. The second-order valence-electron chi connectivity index (χ2n) is 22.3.